The molecule has 1 atom stereocenters. The Labute approximate surface area is 182 Å². The van der Waals surface area contributed by atoms with Gasteiger partial charge in [-0.3, -0.25) is 4.79 Å². The number of carbonyl (C=O) groups excluding carboxylic acids is 1. The second-order valence-corrected chi connectivity index (χ2v) is 7.60. The number of amides is 1. The molecule has 1 fully saturated rings. The number of hydrogen-bond acceptors (Lipinski definition) is 3. The van der Waals surface area contributed by atoms with Crippen LogP contribution in [0.1, 0.15) is 28.8 Å². The van der Waals surface area contributed by atoms with Gasteiger partial charge in [0.1, 0.15) is 11.5 Å². The lowest BCUT2D eigenvalue weighted by Crippen LogP contribution is -2.38. The summed E-state index contributed by atoms with van der Waals surface area (Å²) in [4.78, 5) is 13.0. The van der Waals surface area contributed by atoms with Gasteiger partial charge in [-0.05, 0) is 69.1 Å². The molecule has 0 saturated carbocycles. The molecule has 0 spiro atoms. The summed E-state index contributed by atoms with van der Waals surface area (Å²) < 4.78 is 14.9. The van der Waals surface area contributed by atoms with E-state index < -0.39 is 0 Å². The van der Waals surface area contributed by atoms with Gasteiger partial charge >= 0.3 is 0 Å². The van der Waals surface area contributed by atoms with Crippen LogP contribution in [0.3, 0.4) is 0 Å². The Morgan fingerprint density at radius 2 is 2.07 bits per heavy atom. The van der Waals surface area contributed by atoms with Crippen LogP contribution in [0.4, 0.5) is 4.39 Å². The molecule has 5 nitrogen and oxygen atoms in total. The molecule has 7 heteroatoms. The quantitative estimate of drug-likeness (QED) is 0.642. The summed E-state index contributed by atoms with van der Waals surface area (Å²) in [5.74, 6) is 0.00146. The van der Waals surface area contributed by atoms with E-state index in [-0.39, 0.29) is 24.1 Å². The summed E-state index contributed by atoms with van der Waals surface area (Å²) in [5.41, 5.74) is 3.82. The predicted molar refractivity (Wildman–Crippen MR) is 119 cm³/mol. The van der Waals surface area contributed by atoms with Gasteiger partial charge in [0.15, 0.2) is 0 Å². The highest BCUT2D eigenvalue weighted by Crippen LogP contribution is 2.25. The molecule has 2 N–H and O–H groups in total. The number of nitrogens with one attached hydrogen (secondary N) is 2. The van der Waals surface area contributed by atoms with E-state index in [2.05, 4.69) is 15.7 Å². The van der Waals surface area contributed by atoms with E-state index in [1.807, 2.05) is 31.2 Å². The zero-order chi connectivity index (χ0) is 20.2. The summed E-state index contributed by atoms with van der Waals surface area (Å²) in [7, 11) is 0. The maximum absolute atomic E-state index is 13.3. The Kier molecular flexibility index (Phi) is 7.24. The molecule has 4 rings (SSSR count). The second-order valence-electron chi connectivity index (χ2n) is 7.60. The lowest BCUT2D eigenvalue weighted by molar-refractivity contribution is 0.0945. The fraction of sp³-hybridized carbons (Fsp3) is 0.304. The van der Waals surface area contributed by atoms with Crippen molar-refractivity contribution in [1.29, 1.82) is 0 Å². The number of carbonyl (C=O) groups is 1. The van der Waals surface area contributed by atoms with Crippen LogP contribution in [-0.2, 0) is 0 Å². The number of nitrogens with zero attached hydrogens (tertiary/aromatic N) is 2. The number of piperidine rings is 1. The highest BCUT2D eigenvalue weighted by atomic mass is 35.5. The zero-order valence-electron chi connectivity index (χ0n) is 16.9. The predicted octanol–water partition coefficient (Wildman–Crippen LogP) is 4.14. The third-order valence-electron chi connectivity index (χ3n) is 5.29. The summed E-state index contributed by atoms with van der Waals surface area (Å²) in [5, 5.41) is 11.1. The van der Waals surface area contributed by atoms with Crippen LogP contribution in [0.15, 0.2) is 54.7 Å². The number of hydrogen-bond donors (Lipinski definition) is 2. The minimum absolute atomic E-state index is 0. The average Bonchev–Trinajstić information content (AvgIpc) is 3.19. The van der Waals surface area contributed by atoms with Crippen molar-refractivity contribution in [2.45, 2.75) is 19.8 Å². The molecule has 1 saturated heterocycles. The Bertz CT molecular complexity index is 997. The summed E-state index contributed by atoms with van der Waals surface area (Å²) in [6.07, 6.45) is 3.98. The summed E-state index contributed by atoms with van der Waals surface area (Å²) in [6, 6.07) is 14.0. The lowest BCUT2D eigenvalue weighted by atomic mass is 9.99. The highest BCUT2D eigenvalue weighted by molar-refractivity contribution is 6.00. The van der Waals surface area contributed by atoms with E-state index in [9.17, 15) is 9.18 Å². The molecule has 3 aromatic rings. The van der Waals surface area contributed by atoms with Crippen molar-refractivity contribution in [3.8, 4) is 16.9 Å². The highest BCUT2D eigenvalue weighted by Gasteiger charge is 2.20. The van der Waals surface area contributed by atoms with Crippen molar-refractivity contribution in [3.63, 3.8) is 0 Å². The number of benzene rings is 2. The van der Waals surface area contributed by atoms with Crippen LogP contribution in [0, 0.1) is 18.7 Å². The van der Waals surface area contributed by atoms with E-state index in [0.717, 1.165) is 37.1 Å². The van der Waals surface area contributed by atoms with Gasteiger partial charge in [0.05, 0.1) is 11.3 Å². The first-order valence-electron chi connectivity index (χ1n) is 10.0. The number of rotatable bonds is 5. The number of halogens is 2. The Morgan fingerprint density at radius 3 is 2.77 bits per heavy atom. The topological polar surface area (TPSA) is 59.0 Å². The Hall–Kier alpha value is -2.70. The molecule has 1 aromatic heterocycles. The largest absolute Gasteiger partial charge is 0.352 e. The Morgan fingerprint density at radius 1 is 1.27 bits per heavy atom. The van der Waals surface area contributed by atoms with Gasteiger partial charge in [0.25, 0.3) is 5.91 Å². The maximum Gasteiger partial charge on any atom is 0.255 e. The molecule has 158 valence electrons. The molecule has 2 heterocycles. The van der Waals surface area contributed by atoms with Gasteiger partial charge < -0.3 is 10.6 Å². The van der Waals surface area contributed by atoms with E-state index in [0.29, 0.717) is 29.4 Å². The van der Waals surface area contributed by atoms with Crippen LogP contribution in [0.25, 0.3) is 16.9 Å². The van der Waals surface area contributed by atoms with Gasteiger partial charge in [-0.15, -0.1) is 12.4 Å². The monoisotopic (exact) mass is 428 g/mol. The van der Waals surface area contributed by atoms with Crippen molar-refractivity contribution >= 4 is 18.3 Å². The first-order chi connectivity index (χ1) is 14.1. The van der Waals surface area contributed by atoms with E-state index in [1.54, 1.807) is 23.0 Å². The molecule has 0 aliphatic carbocycles. The van der Waals surface area contributed by atoms with Gasteiger partial charge in [-0.1, -0.05) is 23.8 Å². The van der Waals surface area contributed by atoms with Crippen molar-refractivity contribution in [1.82, 2.24) is 20.4 Å². The standard InChI is InChI=1S/C23H25FN4O.ClH/c1-16-4-2-6-18(12-16)22-21(23(29)26-14-17-5-3-11-25-13-17)15-28(27-22)20-9-7-19(24)8-10-20;/h2,4,6-10,12,15,17,25H,3,5,11,13-14H2,1H3,(H,26,29);1H. The minimum atomic E-state index is -0.307. The van der Waals surface area contributed by atoms with Crippen molar-refractivity contribution < 1.29 is 9.18 Å². The molecule has 1 aliphatic heterocycles. The zero-order valence-corrected chi connectivity index (χ0v) is 17.7. The third kappa shape index (κ3) is 5.07. The van der Waals surface area contributed by atoms with Gasteiger partial charge in [-0.25, -0.2) is 9.07 Å². The molecule has 0 radical (unpaired) electrons. The Balaban J connectivity index is 0.00000256. The fourth-order valence-corrected chi connectivity index (χ4v) is 3.70. The third-order valence-corrected chi connectivity index (χ3v) is 5.29. The van der Waals surface area contributed by atoms with Crippen LogP contribution in [0.5, 0.6) is 0 Å². The van der Waals surface area contributed by atoms with Crippen LogP contribution >= 0.6 is 12.4 Å². The lowest BCUT2D eigenvalue weighted by Gasteiger charge is -2.22. The molecule has 2 aromatic carbocycles. The fourth-order valence-electron chi connectivity index (χ4n) is 3.70. The molecule has 1 unspecified atom stereocenters. The van der Waals surface area contributed by atoms with Crippen LogP contribution < -0.4 is 10.6 Å². The molecule has 1 aliphatic rings. The summed E-state index contributed by atoms with van der Waals surface area (Å²) >= 11 is 0. The van der Waals surface area contributed by atoms with Crippen LogP contribution in [-0.4, -0.2) is 35.3 Å². The summed E-state index contributed by atoms with van der Waals surface area (Å²) in [6.45, 7) is 4.63. The van der Waals surface area contributed by atoms with E-state index >= 15 is 0 Å². The van der Waals surface area contributed by atoms with Gasteiger partial charge in [0.2, 0.25) is 0 Å². The number of aromatic nitrogens is 2. The van der Waals surface area contributed by atoms with Gasteiger partial charge in [-0.2, -0.15) is 5.10 Å². The second kappa shape index (κ2) is 9.87. The molecular formula is C23H26ClFN4O. The first kappa shape index (κ1) is 22.0. The SMILES string of the molecule is Cc1cccc(-c2nn(-c3ccc(F)cc3)cc2C(=O)NCC2CCCNC2)c1.Cl. The van der Waals surface area contributed by atoms with E-state index in [4.69, 9.17) is 0 Å². The normalized spacial score (nSPS) is 16.0. The molecule has 0 bridgehead atoms. The van der Waals surface area contributed by atoms with E-state index in [1.165, 1.54) is 12.1 Å². The van der Waals surface area contributed by atoms with Crippen molar-refractivity contribution in [2.24, 2.45) is 5.92 Å². The first-order valence-corrected chi connectivity index (χ1v) is 10.0. The molecular weight excluding hydrogens is 403 g/mol. The van der Waals surface area contributed by atoms with Gasteiger partial charge in [0, 0.05) is 18.3 Å². The van der Waals surface area contributed by atoms with Crippen molar-refractivity contribution in [2.75, 3.05) is 19.6 Å². The maximum atomic E-state index is 13.3. The smallest absolute Gasteiger partial charge is 0.255 e. The van der Waals surface area contributed by atoms with Crippen LogP contribution in [0.2, 0.25) is 0 Å². The van der Waals surface area contributed by atoms with Crippen molar-refractivity contribution in [3.05, 3.63) is 71.7 Å². The molecule has 1 amide bonds. The molecule has 30 heavy (non-hydrogen) atoms. The minimum Gasteiger partial charge on any atom is -0.352 e. The average molecular weight is 429 g/mol. The number of aryl methyl sites for hydroxylation is 1.